The van der Waals surface area contributed by atoms with E-state index in [1.54, 1.807) is 23.9 Å². The van der Waals surface area contributed by atoms with Crippen LogP contribution in [0.25, 0.3) is 0 Å². The van der Waals surface area contributed by atoms with E-state index in [1.807, 2.05) is 6.07 Å². The Morgan fingerprint density at radius 1 is 1.19 bits per heavy atom. The second kappa shape index (κ2) is 11.0. The Morgan fingerprint density at radius 3 is 2.65 bits per heavy atom. The lowest BCUT2D eigenvalue weighted by molar-refractivity contribution is -0.125. The molecule has 31 heavy (non-hydrogen) atoms. The highest BCUT2D eigenvalue weighted by molar-refractivity contribution is 7.98. The molecule has 1 aliphatic rings. The van der Waals surface area contributed by atoms with Crippen LogP contribution >= 0.6 is 35.0 Å². The molecule has 0 aromatic heterocycles. The number of hydrogen-bond donors (Lipinski definition) is 1. The number of rotatable bonds is 8. The van der Waals surface area contributed by atoms with Gasteiger partial charge in [-0.25, -0.2) is 12.8 Å². The van der Waals surface area contributed by atoms with Crippen molar-refractivity contribution in [1.29, 1.82) is 0 Å². The van der Waals surface area contributed by atoms with Crippen LogP contribution in [0.4, 0.5) is 4.39 Å². The van der Waals surface area contributed by atoms with Crippen molar-refractivity contribution in [2.75, 3.05) is 25.4 Å². The van der Waals surface area contributed by atoms with Crippen molar-refractivity contribution in [2.24, 2.45) is 5.92 Å². The second-order valence-electron chi connectivity index (χ2n) is 7.24. The quantitative estimate of drug-likeness (QED) is 0.534. The Hall–Kier alpha value is -1.32. The predicted octanol–water partition coefficient (Wildman–Crippen LogP) is 4.58. The van der Waals surface area contributed by atoms with E-state index in [4.69, 9.17) is 23.2 Å². The summed E-state index contributed by atoms with van der Waals surface area (Å²) in [5.74, 6) is 0.364. The molecule has 10 heteroatoms. The van der Waals surface area contributed by atoms with Gasteiger partial charge < -0.3 is 5.32 Å². The second-order valence-corrected chi connectivity index (χ2v) is 11.1. The largest absolute Gasteiger partial charge is 0.355 e. The molecule has 1 N–H and O–H groups in total. The van der Waals surface area contributed by atoms with Gasteiger partial charge in [-0.15, -0.1) is 0 Å². The fourth-order valence-electron chi connectivity index (χ4n) is 3.34. The van der Waals surface area contributed by atoms with Gasteiger partial charge in [0.25, 0.3) is 0 Å². The van der Waals surface area contributed by atoms with Crippen LogP contribution in [-0.4, -0.2) is 44.0 Å². The number of nitrogens with one attached hydrogen (secondary N) is 1. The first-order chi connectivity index (χ1) is 14.8. The summed E-state index contributed by atoms with van der Waals surface area (Å²) < 4.78 is 40.0. The number of benzene rings is 2. The van der Waals surface area contributed by atoms with Crippen LogP contribution in [0.15, 0.2) is 47.4 Å². The highest BCUT2D eigenvalue weighted by atomic mass is 35.5. The topological polar surface area (TPSA) is 66.5 Å². The van der Waals surface area contributed by atoms with Crippen molar-refractivity contribution >= 4 is 50.9 Å². The van der Waals surface area contributed by atoms with Crippen LogP contribution in [0.2, 0.25) is 10.0 Å². The highest BCUT2D eigenvalue weighted by Crippen LogP contribution is 2.25. The first-order valence-electron chi connectivity index (χ1n) is 9.82. The van der Waals surface area contributed by atoms with Crippen LogP contribution in [-0.2, 0) is 20.6 Å². The third kappa shape index (κ3) is 6.58. The van der Waals surface area contributed by atoms with E-state index < -0.39 is 21.8 Å². The molecule has 0 saturated carbocycles. The molecule has 0 unspecified atom stereocenters. The third-order valence-electron chi connectivity index (χ3n) is 5.02. The maximum atomic E-state index is 13.1. The number of carbonyl (C=O) groups is 1. The van der Waals surface area contributed by atoms with E-state index >= 15 is 0 Å². The summed E-state index contributed by atoms with van der Waals surface area (Å²) in [5, 5.41) is 4.11. The molecular formula is C21H23Cl2FN2O3S2. The van der Waals surface area contributed by atoms with Gasteiger partial charge in [0.1, 0.15) is 5.82 Å². The Kier molecular flexibility index (Phi) is 8.64. The fraction of sp³-hybridized carbons (Fsp3) is 0.381. The Labute approximate surface area is 196 Å². The van der Waals surface area contributed by atoms with E-state index in [9.17, 15) is 17.6 Å². The lowest BCUT2D eigenvalue weighted by Gasteiger charge is -2.31. The predicted molar refractivity (Wildman–Crippen MR) is 124 cm³/mol. The molecule has 1 aliphatic heterocycles. The van der Waals surface area contributed by atoms with Gasteiger partial charge in [-0.1, -0.05) is 29.3 Å². The van der Waals surface area contributed by atoms with Crippen LogP contribution in [0, 0.1) is 11.7 Å². The zero-order valence-corrected chi connectivity index (χ0v) is 19.8. The van der Waals surface area contributed by atoms with Gasteiger partial charge in [-0.05, 0) is 54.8 Å². The third-order valence-corrected chi connectivity index (χ3v) is 8.50. The van der Waals surface area contributed by atoms with Gasteiger partial charge in [-0.2, -0.15) is 16.1 Å². The molecule has 0 radical (unpaired) electrons. The normalized spacial score (nSPS) is 17.5. The lowest BCUT2D eigenvalue weighted by Crippen LogP contribution is -2.45. The van der Waals surface area contributed by atoms with E-state index in [2.05, 4.69) is 5.32 Å². The Morgan fingerprint density at radius 2 is 1.94 bits per heavy atom. The van der Waals surface area contributed by atoms with Crippen molar-refractivity contribution in [3.8, 4) is 0 Å². The smallest absolute Gasteiger partial charge is 0.243 e. The summed E-state index contributed by atoms with van der Waals surface area (Å²) in [4.78, 5) is 12.6. The molecule has 1 atom stereocenters. The average molecular weight is 505 g/mol. The van der Waals surface area contributed by atoms with Crippen molar-refractivity contribution in [3.05, 3.63) is 63.9 Å². The van der Waals surface area contributed by atoms with Gasteiger partial charge in [0.15, 0.2) is 0 Å². The number of sulfonamides is 1. The molecule has 2 aromatic carbocycles. The van der Waals surface area contributed by atoms with Gasteiger partial charge in [0.2, 0.25) is 15.9 Å². The molecule has 5 nitrogen and oxygen atoms in total. The molecule has 1 fully saturated rings. The summed E-state index contributed by atoms with van der Waals surface area (Å²) >= 11 is 13.7. The van der Waals surface area contributed by atoms with Crippen molar-refractivity contribution < 1.29 is 17.6 Å². The molecule has 1 amide bonds. The highest BCUT2D eigenvalue weighted by Gasteiger charge is 2.33. The molecule has 168 valence electrons. The van der Waals surface area contributed by atoms with E-state index in [1.165, 1.54) is 16.4 Å². The lowest BCUT2D eigenvalue weighted by atomic mass is 9.99. The van der Waals surface area contributed by atoms with Crippen LogP contribution in [0.3, 0.4) is 0 Å². The maximum Gasteiger partial charge on any atom is 0.243 e. The van der Waals surface area contributed by atoms with Crippen LogP contribution in [0.1, 0.15) is 18.4 Å². The average Bonchev–Trinajstić information content (AvgIpc) is 2.75. The molecule has 1 saturated heterocycles. The van der Waals surface area contributed by atoms with E-state index in [0.29, 0.717) is 47.5 Å². The van der Waals surface area contributed by atoms with Gasteiger partial charge in [0, 0.05) is 41.2 Å². The summed E-state index contributed by atoms with van der Waals surface area (Å²) in [6, 6.07) is 10.1. The van der Waals surface area contributed by atoms with Gasteiger partial charge in [-0.3, -0.25) is 4.79 Å². The minimum atomic E-state index is -3.75. The number of nitrogens with zero attached hydrogens (tertiary/aromatic N) is 1. The first kappa shape index (κ1) is 24.3. The Balaban J connectivity index is 1.46. The first-order valence-corrected chi connectivity index (χ1v) is 13.2. The molecule has 0 aliphatic carbocycles. The molecule has 0 spiro atoms. The minimum absolute atomic E-state index is 0.0345. The van der Waals surface area contributed by atoms with Crippen molar-refractivity contribution in [2.45, 2.75) is 23.5 Å². The minimum Gasteiger partial charge on any atom is -0.355 e. The molecular weight excluding hydrogens is 482 g/mol. The van der Waals surface area contributed by atoms with Crippen LogP contribution < -0.4 is 5.32 Å². The van der Waals surface area contributed by atoms with E-state index in [-0.39, 0.29) is 17.3 Å². The summed E-state index contributed by atoms with van der Waals surface area (Å²) in [6.45, 7) is 0.955. The van der Waals surface area contributed by atoms with Gasteiger partial charge in [0.05, 0.1) is 10.8 Å². The van der Waals surface area contributed by atoms with E-state index in [0.717, 1.165) is 17.7 Å². The number of halogens is 3. The molecule has 1 heterocycles. The summed E-state index contributed by atoms with van der Waals surface area (Å²) in [5.41, 5.74) is 0.983. The number of piperidine rings is 1. The maximum absolute atomic E-state index is 13.1. The number of hydrogen-bond acceptors (Lipinski definition) is 4. The zero-order valence-electron chi connectivity index (χ0n) is 16.7. The Bertz CT molecular complexity index is 1020. The number of carbonyl (C=O) groups excluding carboxylic acids is 1. The molecule has 2 aromatic rings. The van der Waals surface area contributed by atoms with Crippen molar-refractivity contribution in [3.63, 3.8) is 0 Å². The molecule has 3 rings (SSSR count). The number of amides is 1. The van der Waals surface area contributed by atoms with Gasteiger partial charge >= 0.3 is 0 Å². The van der Waals surface area contributed by atoms with Crippen LogP contribution in [0.5, 0.6) is 0 Å². The SMILES string of the molecule is O=C(NCCSCc1ccc(Cl)cc1Cl)[C@@H]1CCCN(S(=O)(=O)c2ccc(F)cc2)C1. The fourth-order valence-corrected chi connectivity index (χ4v) is 6.28. The number of thioether (sulfide) groups is 1. The molecule has 0 bridgehead atoms. The standard InChI is InChI=1S/C21H23Cl2FN2O3S2/c22-17-4-3-16(20(23)12-17)14-30-11-9-25-21(27)15-2-1-10-26(13-15)31(28,29)19-7-5-18(24)6-8-19/h3-8,12,15H,1-2,9-11,13-14H2,(H,25,27)/t15-/m1/s1. The zero-order chi connectivity index (χ0) is 22.4. The summed E-state index contributed by atoms with van der Waals surface area (Å²) in [7, 11) is -3.75. The van der Waals surface area contributed by atoms with Crippen molar-refractivity contribution in [1.82, 2.24) is 9.62 Å². The monoisotopic (exact) mass is 504 g/mol. The summed E-state index contributed by atoms with van der Waals surface area (Å²) in [6.07, 6.45) is 1.23.